The van der Waals surface area contributed by atoms with E-state index in [4.69, 9.17) is 5.73 Å². The Labute approximate surface area is 188 Å². The molecule has 4 heteroatoms. The quantitative estimate of drug-likeness (QED) is 0.519. The second kappa shape index (κ2) is 7.29. The van der Waals surface area contributed by atoms with Gasteiger partial charge in [-0.1, -0.05) is 54.6 Å². The number of rotatable bonds is 4. The molecule has 1 amide bonds. The molecular formula is C28H28N2O2. The van der Waals surface area contributed by atoms with Crippen molar-refractivity contribution in [2.45, 2.75) is 31.4 Å². The number of nitrogens with two attached hydrogens (primary N) is 1. The molecule has 3 aromatic carbocycles. The standard InChI is InChI=1S/C28H28N2O2/c29-27(31)20-5-3-6-22(14-20)28(32)23-9-10-24(28)17-30(16-23)15-18-8-11-26-21(12-18)13-19-4-1-2-7-25(19)26/h1-8,11-12,14,23-24,32H,9-10,13,15-17H2,(H2,29,31). The zero-order valence-corrected chi connectivity index (χ0v) is 18.1. The summed E-state index contributed by atoms with van der Waals surface area (Å²) in [6, 6.07) is 22.9. The van der Waals surface area contributed by atoms with Crippen molar-refractivity contribution < 1.29 is 9.90 Å². The van der Waals surface area contributed by atoms with E-state index in [1.54, 1.807) is 12.1 Å². The second-order valence-electron chi connectivity index (χ2n) is 9.76. The second-order valence-corrected chi connectivity index (χ2v) is 9.76. The molecule has 1 saturated heterocycles. The van der Waals surface area contributed by atoms with Crippen LogP contribution in [0.4, 0.5) is 0 Å². The minimum Gasteiger partial charge on any atom is -0.384 e. The van der Waals surface area contributed by atoms with E-state index in [2.05, 4.69) is 47.4 Å². The molecule has 3 aliphatic rings. The van der Waals surface area contributed by atoms with Crippen LogP contribution in [0.3, 0.4) is 0 Å². The van der Waals surface area contributed by atoms with Crippen LogP contribution in [0.1, 0.15) is 45.5 Å². The number of benzene rings is 3. The SMILES string of the molecule is NC(=O)c1cccc(C2(O)C3CCC2CN(Cc2ccc4c(c2)Cc2ccccc2-4)C3)c1. The molecule has 6 rings (SSSR count). The number of hydrogen-bond donors (Lipinski definition) is 2. The summed E-state index contributed by atoms with van der Waals surface area (Å²) in [7, 11) is 0. The average Bonchev–Trinajstić information content (AvgIpc) is 3.22. The number of piperidine rings is 1. The number of likely N-dealkylation sites (tertiary alicyclic amines) is 1. The summed E-state index contributed by atoms with van der Waals surface area (Å²) in [6.45, 7) is 2.64. The minimum absolute atomic E-state index is 0.169. The maximum atomic E-state index is 11.8. The van der Waals surface area contributed by atoms with Gasteiger partial charge in [0.1, 0.15) is 0 Å². The van der Waals surface area contributed by atoms with Crippen LogP contribution < -0.4 is 5.73 Å². The van der Waals surface area contributed by atoms with Crippen LogP contribution >= 0.6 is 0 Å². The largest absolute Gasteiger partial charge is 0.384 e. The highest BCUT2D eigenvalue weighted by molar-refractivity contribution is 5.93. The van der Waals surface area contributed by atoms with Crippen molar-refractivity contribution in [3.05, 3.63) is 94.5 Å². The Bertz CT molecular complexity index is 1200. The maximum absolute atomic E-state index is 11.8. The van der Waals surface area contributed by atoms with Crippen LogP contribution in [-0.2, 0) is 18.6 Å². The Balaban J connectivity index is 1.22. The van der Waals surface area contributed by atoms with Crippen LogP contribution in [0.2, 0.25) is 0 Å². The number of amides is 1. The van der Waals surface area contributed by atoms with Crippen LogP contribution in [0.5, 0.6) is 0 Å². The lowest BCUT2D eigenvalue weighted by atomic mass is 9.74. The molecule has 1 aliphatic heterocycles. The summed E-state index contributed by atoms with van der Waals surface area (Å²) in [5.74, 6) is -0.106. The Hall–Kier alpha value is -2.95. The first-order valence-corrected chi connectivity index (χ1v) is 11.6. The van der Waals surface area contributed by atoms with Gasteiger partial charge in [0.25, 0.3) is 0 Å². The van der Waals surface area contributed by atoms with E-state index in [0.29, 0.717) is 5.56 Å². The summed E-state index contributed by atoms with van der Waals surface area (Å²) in [4.78, 5) is 14.2. The highest BCUT2D eigenvalue weighted by Crippen LogP contribution is 2.51. The first kappa shape index (κ1) is 19.7. The van der Waals surface area contributed by atoms with Crippen molar-refractivity contribution in [1.29, 1.82) is 0 Å². The van der Waals surface area contributed by atoms with E-state index in [-0.39, 0.29) is 11.8 Å². The van der Waals surface area contributed by atoms with Gasteiger partial charge < -0.3 is 10.8 Å². The van der Waals surface area contributed by atoms with E-state index in [1.807, 2.05) is 12.1 Å². The lowest BCUT2D eigenvalue weighted by molar-refractivity contribution is -0.0914. The molecule has 2 atom stereocenters. The van der Waals surface area contributed by atoms with Gasteiger partial charge in [-0.05, 0) is 64.8 Å². The Morgan fingerprint density at radius 1 is 0.938 bits per heavy atom. The van der Waals surface area contributed by atoms with Gasteiger partial charge >= 0.3 is 0 Å². The molecule has 0 aromatic heterocycles. The fourth-order valence-electron chi connectivity index (χ4n) is 6.41. The monoisotopic (exact) mass is 424 g/mol. The zero-order valence-electron chi connectivity index (χ0n) is 18.1. The third-order valence-corrected chi connectivity index (χ3v) is 7.94. The van der Waals surface area contributed by atoms with E-state index in [0.717, 1.165) is 44.5 Å². The molecule has 0 radical (unpaired) electrons. The van der Waals surface area contributed by atoms with E-state index in [9.17, 15) is 9.90 Å². The van der Waals surface area contributed by atoms with Gasteiger partial charge in [-0.25, -0.2) is 0 Å². The van der Waals surface area contributed by atoms with Crippen LogP contribution in [0.15, 0.2) is 66.7 Å². The van der Waals surface area contributed by atoms with Gasteiger partial charge in [0.05, 0.1) is 5.60 Å². The molecule has 162 valence electrons. The van der Waals surface area contributed by atoms with Crippen LogP contribution in [0.25, 0.3) is 11.1 Å². The number of carbonyl (C=O) groups is 1. The first-order valence-electron chi connectivity index (χ1n) is 11.6. The molecule has 0 spiro atoms. The molecule has 2 unspecified atom stereocenters. The van der Waals surface area contributed by atoms with Crippen LogP contribution in [0, 0.1) is 11.8 Å². The Morgan fingerprint density at radius 3 is 2.47 bits per heavy atom. The van der Waals surface area contributed by atoms with Crippen molar-refractivity contribution >= 4 is 5.91 Å². The summed E-state index contributed by atoms with van der Waals surface area (Å²) < 4.78 is 0. The predicted molar refractivity (Wildman–Crippen MR) is 125 cm³/mol. The smallest absolute Gasteiger partial charge is 0.248 e. The molecule has 3 aromatic rings. The molecular weight excluding hydrogens is 396 g/mol. The minimum atomic E-state index is -0.873. The maximum Gasteiger partial charge on any atom is 0.248 e. The normalized spacial score (nSPS) is 26.0. The van der Waals surface area contributed by atoms with Crippen molar-refractivity contribution in [3.63, 3.8) is 0 Å². The summed E-state index contributed by atoms with van der Waals surface area (Å²) in [6.07, 6.45) is 3.04. The number of aliphatic hydroxyl groups is 1. The number of hydrogen-bond acceptors (Lipinski definition) is 3. The third kappa shape index (κ3) is 3.01. The summed E-state index contributed by atoms with van der Waals surface area (Å²) >= 11 is 0. The zero-order chi connectivity index (χ0) is 21.9. The van der Waals surface area contributed by atoms with Crippen molar-refractivity contribution in [2.24, 2.45) is 17.6 Å². The predicted octanol–water partition coefficient (Wildman–Crippen LogP) is 4.09. The summed E-state index contributed by atoms with van der Waals surface area (Å²) in [5.41, 5.74) is 12.8. The number of nitrogens with zero attached hydrogens (tertiary/aromatic N) is 1. The number of fused-ring (bicyclic) bond motifs is 5. The molecule has 4 nitrogen and oxygen atoms in total. The van der Waals surface area contributed by atoms with E-state index >= 15 is 0 Å². The molecule has 2 aliphatic carbocycles. The lowest BCUT2D eigenvalue weighted by Gasteiger charge is -2.45. The van der Waals surface area contributed by atoms with Gasteiger partial charge in [-0.15, -0.1) is 0 Å². The highest BCUT2D eigenvalue weighted by atomic mass is 16.3. The number of carbonyl (C=O) groups excluding carboxylic acids is 1. The van der Waals surface area contributed by atoms with Gasteiger partial charge in [-0.2, -0.15) is 0 Å². The topological polar surface area (TPSA) is 66.6 Å². The van der Waals surface area contributed by atoms with Crippen molar-refractivity contribution in [1.82, 2.24) is 4.90 Å². The average molecular weight is 425 g/mol. The van der Waals surface area contributed by atoms with Crippen molar-refractivity contribution in [3.8, 4) is 11.1 Å². The highest BCUT2D eigenvalue weighted by Gasteiger charge is 2.53. The van der Waals surface area contributed by atoms with E-state index in [1.165, 1.54) is 27.8 Å². The van der Waals surface area contributed by atoms with Gasteiger partial charge in [-0.3, -0.25) is 9.69 Å². The lowest BCUT2D eigenvalue weighted by Crippen LogP contribution is -2.51. The van der Waals surface area contributed by atoms with Crippen molar-refractivity contribution in [2.75, 3.05) is 13.1 Å². The van der Waals surface area contributed by atoms with Gasteiger partial charge in [0.15, 0.2) is 0 Å². The molecule has 1 saturated carbocycles. The molecule has 2 fully saturated rings. The van der Waals surface area contributed by atoms with Gasteiger partial charge in [0.2, 0.25) is 5.91 Å². The summed E-state index contributed by atoms with van der Waals surface area (Å²) in [5, 5.41) is 11.8. The first-order chi connectivity index (χ1) is 15.5. The molecule has 3 N–H and O–H groups in total. The fourth-order valence-corrected chi connectivity index (χ4v) is 6.41. The number of primary amides is 1. The van der Waals surface area contributed by atoms with Gasteiger partial charge in [0, 0.05) is 37.0 Å². The molecule has 2 bridgehead atoms. The molecule has 32 heavy (non-hydrogen) atoms. The molecule has 1 heterocycles. The van der Waals surface area contributed by atoms with E-state index < -0.39 is 11.5 Å². The fraction of sp³-hybridized carbons (Fsp3) is 0.321. The Morgan fingerprint density at radius 2 is 1.69 bits per heavy atom. The third-order valence-electron chi connectivity index (χ3n) is 7.94. The van der Waals surface area contributed by atoms with Crippen LogP contribution in [-0.4, -0.2) is 29.0 Å². The Kier molecular flexibility index (Phi) is 4.49.